The zero-order chi connectivity index (χ0) is 7.98. The lowest BCUT2D eigenvalue weighted by atomic mass is 10.4. The maximum atomic E-state index is 10.1. The van der Waals surface area contributed by atoms with Gasteiger partial charge in [0.05, 0.1) is 0 Å². The van der Waals surface area contributed by atoms with Crippen molar-refractivity contribution in [3.63, 3.8) is 0 Å². The molecule has 0 aliphatic carbocycles. The molecule has 0 bridgehead atoms. The average molecular weight is 144 g/mol. The molecule has 10 heavy (non-hydrogen) atoms. The van der Waals surface area contributed by atoms with E-state index in [9.17, 15) is 4.79 Å². The van der Waals surface area contributed by atoms with Crippen LogP contribution in [0.4, 0.5) is 0 Å². The van der Waals surface area contributed by atoms with Gasteiger partial charge in [-0.2, -0.15) is 0 Å². The Labute approximate surface area is 62.4 Å². The largest absolute Gasteiger partial charge is 0.347 e. The fourth-order valence-electron chi connectivity index (χ4n) is 0.582. The molecule has 0 aromatic rings. The molecule has 0 heterocycles. The molecule has 0 aliphatic heterocycles. The number of nitrogens with one attached hydrogen (secondary N) is 1. The zero-order valence-corrected chi connectivity index (χ0v) is 6.92. The molecule has 0 saturated carbocycles. The number of likely N-dealkylation sites (N-methyl/N-ethyl adjacent to an activating group) is 1. The molecule has 0 unspecified atom stereocenters. The average Bonchev–Trinajstić information content (AvgIpc) is 1.87. The molecule has 3 nitrogen and oxygen atoms in total. The lowest BCUT2D eigenvalue weighted by molar-refractivity contribution is -0.116. The highest BCUT2D eigenvalue weighted by Gasteiger charge is 1.93. The number of hydrogen-bond acceptors (Lipinski definition) is 2. The highest BCUT2D eigenvalue weighted by molar-refractivity contribution is 5.46. The summed E-state index contributed by atoms with van der Waals surface area (Å²) in [4.78, 5) is 11.7. The normalized spacial score (nSPS) is 10.0. The molecule has 0 spiro atoms. The van der Waals surface area contributed by atoms with Gasteiger partial charge in [-0.1, -0.05) is 13.8 Å². The highest BCUT2D eigenvalue weighted by atomic mass is 16.1. The van der Waals surface area contributed by atoms with Crippen LogP contribution < -0.4 is 5.32 Å². The minimum absolute atomic E-state index is 0.500. The third-order valence-electron chi connectivity index (χ3n) is 1.20. The van der Waals surface area contributed by atoms with E-state index in [1.165, 1.54) is 0 Å². The molecular formula is C7H16N2O. The molecule has 0 rings (SSSR count). The van der Waals surface area contributed by atoms with Crippen LogP contribution in [-0.2, 0) is 4.79 Å². The van der Waals surface area contributed by atoms with Crippen molar-refractivity contribution in [3.05, 3.63) is 0 Å². The quantitative estimate of drug-likeness (QED) is 0.554. The summed E-state index contributed by atoms with van der Waals surface area (Å²) in [5.74, 6) is 0. The summed E-state index contributed by atoms with van der Waals surface area (Å²) in [5.41, 5.74) is 0. The van der Waals surface area contributed by atoms with Crippen LogP contribution in [0.1, 0.15) is 13.8 Å². The molecule has 0 aromatic carbocycles. The molecule has 60 valence electrons. The summed E-state index contributed by atoms with van der Waals surface area (Å²) >= 11 is 0. The first-order chi connectivity index (χ1) is 4.66. The molecular weight excluding hydrogens is 128 g/mol. The summed E-state index contributed by atoms with van der Waals surface area (Å²) in [6.45, 7) is 5.82. The molecule has 0 aliphatic rings. The van der Waals surface area contributed by atoms with Gasteiger partial charge in [0.25, 0.3) is 0 Å². The molecule has 0 radical (unpaired) electrons. The monoisotopic (exact) mass is 144 g/mol. The molecule has 0 atom stereocenters. The van der Waals surface area contributed by atoms with Crippen molar-refractivity contribution in [2.75, 3.05) is 20.1 Å². The topological polar surface area (TPSA) is 32.3 Å². The van der Waals surface area contributed by atoms with Crippen molar-refractivity contribution in [1.29, 1.82) is 0 Å². The van der Waals surface area contributed by atoms with E-state index >= 15 is 0 Å². The molecule has 1 N–H and O–H groups in total. The van der Waals surface area contributed by atoms with Crippen LogP contribution in [0.3, 0.4) is 0 Å². The Kier molecular flexibility index (Phi) is 4.94. The maximum absolute atomic E-state index is 10.1. The van der Waals surface area contributed by atoms with E-state index in [4.69, 9.17) is 0 Å². The standard InChI is InChI=1S/C7H16N2O/c1-7(2)8-4-5-9(3)6-10/h6-8H,4-5H2,1-3H3. The van der Waals surface area contributed by atoms with E-state index < -0.39 is 0 Å². The lowest BCUT2D eigenvalue weighted by Gasteiger charge is -2.12. The first-order valence-electron chi connectivity index (χ1n) is 3.55. The molecule has 3 heteroatoms. The number of hydrogen-bond donors (Lipinski definition) is 1. The third kappa shape index (κ3) is 5.56. The Morgan fingerprint density at radius 2 is 2.20 bits per heavy atom. The maximum Gasteiger partial charge on any atom is 0.209 e. The predicted octanol–water partition coefficient (Wildman–Crippen LogP) is 0.0726. The van der Waals surface area contributed by atoms with Crippen molar-refractivity contribution in [3.8, 4) is 0 Å². The van der Waals surface area contributed by atoms with Gasteiger partial charge in [0, 0.05) is 26.2 Å². The second-order valence-electron chi connectivity index (χ2n) is 2.69. The van der Waals surface area contributed by atoms with Crippen LogP contribution in [0, 0.1) is 0 Å². The van der Waals surface area contributed by atoms with Crippen LogP contribution in [0.25, 0.3) is 0 Å². The van der Waals surface area contributed by atoms with Gasteiger partial charge < -0.3 is 10.2 Å². The van der Waals surface area contributed by atoms with Crippen LogP contribution in [0.15, 0.2) is 0 Å². The second kappa shape index (κ2) is 5.23. The van der Waals surface area contributed by atoms with E-state index in [2.05, 4.69) is 19.2 Å². The van der Waals surface area contributed by atoms with Gasteiger partial charge in [0.1, 0.15) is 0 Å². The van der Waals surface area contributed by atoms with Crippen LogP contribution in [-0.4, -0.2) is 37.5 Å². The first kappa shape index (κ1) is 9.43. The van der Waals surface area contributed by atoms with Gasteiger partial charge in [-0.3, -0.25) is 4.79 Å². The minimum atomic E-state index is 0.500. The van der Waals surface area contributed by atoms with Crippen molar-refractivity contribution < 1.29 is 4.79 Å². The van der Waals surface area contributed by atoms with Crippen molar-refractivity contribution in [2.24, 2.45) is 0 Å². The van der Waals surface area contributed by atoms with Gasteiger partial charge in [0.15, 0.2) is 0 Å². The lowest BCUT2D eigenvalue weighted by Crippen LogP contribution is -2.32. The van der Waals surface area contributed by atoms with E-state index in [1.807, 2.05) is 0 Å². The minimum Gasteiger partial charge on any atom is -0.347 e. The summed E-state index contributed by atoms with van der Waals surface area (Å²) in [7, 11) is 1.77. The number of nitrogens with zero attached hydrogens (tertiary/aromatic N) is 1. The van der Waals surface area contributed by atoms with Crippen molar-refractivity contribution in [2.45, 2.75) is 19.9 Å². The van der Waals surface area contributed by atoms with Gasteiger partial charge in [-0.15, -0.1) is 0 Å². The predicted molar refractivity (Wildman–Crippen MR) is 41.8 cm³/mol. The SMILES string of the molecule is CC(C)NCCN(C)C=O. The Hall–Kier alpha value is -0.570. The van der Waals surface area contributed by atoms with Crippen LogP contribution >= 0.6 is 0 Å². The number of rotatable bonds is 5. The molecule has 0 fully saturated rings. The third-order valence-corrected chi connectivity index (χ3v) is 1.20. The van der Waals surface area contributed by atoms with E-state index in [-0.39, 0.29) is 0 Å². The second-order valence-corrected chi connectivity index (χ2v) is 2.69. The van der Waals surface area contributed by atoms with E-state index in [0.717, 1.165) is 19.5 Å². The van der Waals surface area contributed by atoms with Gasteiger partial charge in [-0.05, 0) is 0 Å². The van der Waals surface area contributed by atoms with E-state index in [0.29, 0.717) is 6.04 Å². The molecule has 0 aromatic heterocycles. The van der Waals surface area contributed by atoms with Crippen molar-refractivity contribution >= 4 is 6.41 Å². The van der Waals surface area contributed by atoms with Gasteiger partial charge >= 0.3 is 0 Å². The Morgan fingerprint density at radius 1 is 1.60 bits per heavy atom. The summed E-state index contributed by atoms with van der Waals surface area (Å²) < 4.78 is 0. The van der Waals surface area contributed by atoms with Crippen LogP contribution in [0.5, 0.6) is 0 Å². The van der Waals surface area contributed by atoms with Gasteiger partial charge in [0.2, 0.25) is 6.41 Å². The zero-order valence-electron chi connectivity index (χ0n) is 6.92. The number of carbonyl (C=O) groups excluding carboxylic acids is 1. The Balaban J connectivity index is 3.11. The summed E-state index contributed by atoms with van der Waals surface area (Å²) in [6, 6.07) is 0.500. The smallest absolute Gasteiger partial charge is 0.209 e. The first-order valence-corrected chi connectivity index (χ1v) is 3.55. The van der Waals surface area contributed by atoms with Crippen molar-refractivity contribution in [1.82, 2.24) is 10.2 Å². The summed E-state index contributed by atoms with van der Waals surface area (Å²) in [5, 5.41) is 3.21. The highest BCUT2D eigenvalue weighted by Crippen LogP contribution is 1.76. The Bertz CT molecular complexity index is 93.6. The fourth-order valence-corrected chi connectivity index (χ4v) is 0.582. The number of amides is 1. The Morgan fingerprint density at radius 3 is 2.60 bits per heavy atom. The molecule has 1 amide bonds. The number of carbonyl (C=O) groups is 1. The van der Waals surface area contributed by atoms with Gasteiger partial charge in [-0.25, -0.2) is 0 Å². The van der Waals surface area contributed by atoms with Crippen LogP contribution in [0.2, 0.25) is 0 Å². The molecule has 0 saturated heterocycles. The van der Waals surface area contributed by atoms with E-state index in [1.54, 1.807) is 11.9 Å². The fraction of sp³-hybridized carbons (Fsp3) is 0.857. The summed E-state index contributed by atoms with van der Waals surface area (Å²) in [6.07, 6.45) is 0.835.